The van der Waals surface area contributed by atoms with Crippen LogP contribution >= 0.6 is 11.3 Å². The number of ether oxygens (including phenoxy) is 1. The van der Waals surface area contributed by atoms with Crippen LogP contribution in [0.25, 0.3) is 0 Å². The van der Waals surface area contributed by atoms with Crippen molar-refractivity contribution in [2.75, 3.05) is 26.8 Å². The van der Waals surface area contributed by atoms with Crippen LogP contribution in [0.15, 0.2) is 16.8 Å². The quantitative estimate of drug-likeness (QED) is 0.750. The molecule has 0 spiro atoms. The van der Waals surface area contributed by atoms with E-state index in [-0.39, 0.29) is 0 Å². The zero-order valence-electron chi connectivity index (χ0n) is 11.8. The van der Waals surface area contributed by atoms with Crippen LogP contribution in [0.1, 0.15) is 38.3 Å². The average Bonchev–Trinajstić information content (AvgIpc) is 2.91. The van der Waals surface area contributed by atoms with E-state index in [0.717, 1.165) is 26.0 Å². The highest BCUT2D eigenvalue weighted by Gasteiger charge is 2.24. The van der Waals surface area contributed by atoms with E-state index >= 15 is 0 Å². The van der Waals surface area contributed by atoms with Crippen LogP contribution in [-0.4, -0.2) is 37.7 Å². The molecule has 1 heterocycles. The van der Waals surface area contributed by atoms with Crippen molar-refractivity contribution in [1.82, 2.24) is 4.90 Å². The zero-order chi connectivity index (χ0) is 13.4. The molecule has 1 aromatic heterocycles. The molecule has 1 aromatic rings. The molecular formula is C14H26N2OS. The molecule has 18 heavy (non-hydrogen) atoms. The first-order valence-corrected chi connectivity index (χ1v) is 7.69. The maximum Gasteiger partial charge on any atom is 0.0590 e. The first-order chi connectivity index (χ1) is 8.78. The van der Waals surface area contributed by atoms with E-state index in [0.29, 0.717) is 18.6 Å². The molecule has 0 bridgehead atoms. The van der Waals surface area contributed by atoms with Crippen LogP contribution in [0, 0.1) is 0 Å². The molecular weight excluding hydrogens is 244 g/mol. The highest BCUT2D eigenvalue weighted by Crippen LogP contribution is 2.26. The van der Waals surface area contributed by atoms with E-state index in [4.69, 9.17) is 10.5 Å². The maximum absolute atomic E-state index is 6.01. The molecule has 4 heteroatoms. The molecule has 0 radical (unpaired) electrons. The van der Waals surface area contributed by atoms with Gasteiger partial charge in [-0.1, -0.05) is 13.8 Å². The lowest BCUT2D eigenvalue weighted by Crippen LogP contribution is -2.42. The predicted octanol–water partition coefficient (Wildman–Crippen LogP) is 2.88. The Hall–Kier alpha value is -0.420. The number of nitrogens with zero attached hydrogens (tertiary/aromatic N) is 1. The Labute approximate surface area is 115 Å². The smallest absolute Gasteiger partial charge is 0.0590 e. The molecule has 104 valence electrons. The third-order valence-electron chi connectivity index (χ3n) is 3.52. The zero-order valence-corrected chi connectivity index (χ0v) is 12.6. The minimum Gasteiger partial charge on any atom is -0.383 e. The molecule has 0 saturated heterocycles. The maximum atomic E-state index is 6.01. The summed E-state index contributed by atoms with van der Waals surface area (Å²) in [7, 11) is 1.76. The van der Waals surface area contributed by atoms with Crippen LogP contribution < -0.4 is 5.73 Å². The van der Waals surface area contributed by atoms with Gasteiger partial charge in [-0.2, -0.15) is 11.3 Å². The fourth-order valence-corrected chi connectivity index (χ4v) is 3.18. The summed E-state index contributed by atoms with van der Waals surface area (Å²) in [5.74, 6) is 0. The fraction of sp³-hybridized carbons (Fsp3) is 0.714. The van der Waals surface area contributed by atoms with Gasteiger partial charge in [0, 0.05) is 32.3 Å². The van der Waals surface area contributed by atoms with Gasteiger partial charge in [-0.15, -0.1) is 0 Å². The van der Waals surface area contributed by atoms with Crippen molar-refractivity contribution in [3.8, 4) is 0 Å². The van der Waals surface area contributed by atoms with Crippen LogP contribution in [0.3, 0.4) is 0 Å². The minimum absolute atomic E-state index is 0.316. The highest BCUT2D eigenvalue weighted by atomic mass is 32.1. The number of nitrogens with two attached hydrogens (primary N) is 1. The second-order valence-electron chi connectivity index (χ2n) is 4.51. The summed E-state index contributed by atoms with van der Waals surface area (Å²) in [5.41, 5.74) is 7.34. The van der Waals surface area contributed by atoms with Gasteiger partial charge in [-0.25, -0.2) is 0 Å². The predicted molar refractivity (Wildman–Crippen MR) is 79.1 cm³/mol. The Morgan fingerprint density at radius 3 is 2.56 bits per heavy atom. The molecule has 0 amide bonds. The van der Waals surface area contributed by atoms with Gasteiger partial charge < -0.3 is 10.5 Å². The largest absolute Gasteiger partial charge is 0.383 e. The van der Waals surface area contributed by atoms with E-state index in [1.165, 1.54) is 5.56 Å². The summed E-state index contributed by atoms with van der Waals surface area (Å²) in [6.07, 6.45) is 2.31. The van der Waals surface area contributed by atoms with Crippen molar-refractivity contribution in [1.29, 1.82) is 0 Å². The normalized spacial score (nSPS) is 13.4. The number of hydrogen-bond acceptors (Lipinski definition) is 4. The van der Waals surface area contributed by atoms with Gasteiger partial charge in [-0.3, -0.25) is 4.90 Å². The standard InChI is InChI=1S/C14H26N2OS/c1-4-13(5-2)16(7-8-17-3)14(10-15)12-6-9-18-11-12/h6,9,11,13-14H,4-5,7-8,10,15H2,1-3H3. The molecule has 0 aliphatic rings. The number of methoxy groups -OCH3 is 1. The highest BCUT2D eigenvalue weighted by molar-refractivity contribution is 7.07. The summed E-state index contributed by atoms with van der Waals surface area (Å²) in [6, 6.07) is 3.08. The van der Waals surface area contributed by atoms with Gasteiger partial charge in [-0.05, 0) is 35.2 Å². The fourth-order valence-electron chi connectivity index (χ4n) is 2.47. The molecule has 0 saturated carbocycles. The molecule has 0 aliphatic heterocycles. The molecule has 1 rings (SSSR count). The van der Waals surface area contributed by atoms with Crippen molar-refractivity contribution >= 4 is 11.3 Å². The van der Waals surface area contributed by atoms with Gasteiger partial charge >= 0.3 is 0 Å². The van der Waals surface area contributed by atoms with E-state index < -0.39 is 0 Å². The first-order valence-electron chi connectivity index (χ1n) is 6.75. The van der Waals surface area contributed by atoms with Crippen molar-refractivity contribution in [3.63, 3.8) is 0 Å². The molecule has 1 atom stereocenters. The van der Waals surface area contributed by atoms with E-state index in [1.54, 1.807) is 18.4 Å². The third kappa shape index (κ3) is 4.05. The number of thiophene rings is 1. The lowest BCUT2D eigenvalue weighted by Gasteiger charge is -2.36. The summed E-state index contributed by atoms with van der Waals surface area (Å²) in [5, 5.41) is 4.33. The van der Waals surface area contributed by atoms with E-state index in [9.17, 15) is 0 Å². The van der Waals surface area contributed by atoms with E-state index in [2.05, 4.69) is 35.6 Å². The molecule has 0 fully saturated rings. The first kappa shape index (κ1) is 15.6. The molecule has 0 aliphatic carbocycles. The molecule has 3 nitrogen and oxygen atoms in total. The van der Waals surface area contributed by atoms with Crippen molar-refractivity contribution in [2.45, 2.75) is 38.8 Å². The Balaban J connectivity index is 2.84. The van der Waals surface area contributed by atoms with Crippen LogP contribution in [-0.2, 0) is 4.74 Å². The number of hydrogen-bond donors (Lipinski definition) is 1. The average molecular weight is 270 g/mol. The van der Waals surface area contributed by atoms with Gasteiger partial charge in [0.1, 0.15) is 0 Å². The Morgan fingerprint density at radius 1 is 1.39 bits per heavy atom. The van der Waals surface area contributed by atoms with Crippen LogP contribution in [0.4, 0.5) is 0 Å². The third-order valence-corrected chi connectivity index (χ3v) is 4.22. The van der Waals surface area contributed by atoms with Crippen molar-refractivity contribution < 1.29 is 4.74 Å². The van der Waals surface area contributed by atoms with Crippen molar-refractivity contribution in [2.24, 2.45) is 5.73 Å². The monoisotopic (exact) mass is 270 g/mol. The lowest BCUT2D eigenvalue weighted by molar-refractivity contribution is 0.0819. The van der Waals surface area contributed by atoms with E-state index in [1.807, 2.05) is 0 Å². The Morgan fingerprint density at radius 2 is 2.11 bits per heavy atom. The summed E-state index contributed by atoms with van der Waals surface area (Å²) < 4.78 is 5.24. The Bertz CT molecular complexity index is 299. The molecule has 2 N–H and O–H groups in total. The second-order valence-corrected chi connectivity index (χ2v) is 5.29. The van der Waals surface area contributed by atoms with Gasteiger partial charge in [0.05, 0.1) is 6.61 Å². The van der Waals surface area contributed by atoms with Crippen molar-refractivity contribution in [3.05, 3.63) is 22.4 Å². The van der Waals surface area contributed by atoms with Crippen LogP contribution in [0.5, 0.6) is 0 Å². The van der Waals surface area contributed by atoms with Gasteiger partial charge in [0.2, 0.25) is 0 Å². The SMILES string of the molecule is CCC(CC)N(CCOC)C(CN)c1ccsc1. The Kier molecular flexibility index (Phi) is 7.51. The topological polar surface area (TPSA) is 38.5 Å². The van der Waals surface area contributed by atoms with Gasteiger partial charge in [0.25, 0.3) is 0 Å². The lowest BCUT2D eigenvalue weighted by atomic mass is 10.0. The summed E-state index contributed by atoms with van der Waals surface area (Å²) in [6.45, 7) is 6.86. The second kappa shape index (κ2) is 8.64. The molecule has 1 unspecified atom stereocenters. The van der Waals surface area contributed by atoms with Crippen LogP contribution in [0.2, 0.25) is 0 Å². The number of rotatable bonds is 9. The van der Waals surface area contributed by atoms with Gasteiger partial charge in [0.15, 0.2) is 0 Å². The minimum atomic E-state index is 0.316. The summed E-state index contributed by atoms with van der Waals surface area (Å²) in [4.78, 5) is 2.51. The molecule has 0 aromatic carbocycles. The summed E-state index contributed by atoms with van der Waals surface area (Å²) >= 11 is 1.74.